The van der Waals surface area contributed by atoms with Gasteiger partial charge in [-0.3, -0.25) is 0 Å². The van der Waals surface area contributed by atoms with Crippen LogP contribution in [-0.4, -0.2) is 0 Å². The maximum Gasteiger partial charge on any atom is 0.0822 e. The summed E-state index contributed by atoms with van der Waals surface area (Å²) >= 11 is 0. The molecule has 0 bridgehead atoms. The molecule has 0 atom stereocenters. The Morgan fingerprint density at radius 3 is 2.42 bits per heavy atom. The Hall–Kier alpha value is -1.55. The lowest BCUT2D eigenvalue weighted by atomic mass is 9.70. The van der Waals surface area contributed by atoms with E-state index < -0.39 is 0 Å². The van der Waals surface area contributed by atoms with Crippen molar-refractivity contribution >= 4 is 6.08 Å². The zero-order chi connectivity index (χ0) is 13.6. The number of rotatable bonds is 4. The predicted octanol–water partition coefficient (Wildman–Crippen LogP) is 5.23. The lowest BCUT2D eigenvalue weighted by Crippen LogP contribution is -2.26. The molecule has 1 heteroatoms. The van der Waals surface area contributed by atoms with Gasteiger partial charge in [-0.05, 0) is 30.4 Å². The second-order valence-electron chi connectivity index (χ2n) is 5.57. The predicted molar refractivity (Wildman–Crippen MR) is 80.8 cm³/mol. The molecule has 19 heavy (non-hydrogen) atoms. The zero-order valence-corrected chi connectivity index (χ0v) is 11.9. The maximum atomic E-state index is 9.57. The Labute approximate surface area is 117 Å². The molecule has 1 aliphatic rings. The highest BCUT2D eigenvalue weighted by Gasteiger charge is 2.33. The molecule has 0 unspecified atom stereocenters. The van der Waals surface area contributed by atoms with Crippen molar-refractivity contribution in [3.05, 3.63) is 41.5 Å². The largest absolute Gasteiger partial charge is 0.197 e. The van der Waals surface area contributed by atoms with Crippen LogP contribution in [0.4, 0.5) is 0 Å². The van der Waals surface area contributed by atoms with Crippen molar-refractivity contribution in [3.63, 3.8) is 0 Å². The van der Waals surface area contributed by atoms with Gasteiger partial charge < -0.3 is 0 Å². The minimum Gasteiger partial charge on any atom is -0.197 e. The number of allylic oxidation sites excluding steroid dienone is 1. The molecule has 1 aliphatic carbocycles. The van der Waals surface area contributed by atoms with Crippen LogP contribution >= 0.6 is 0 Å². The normalized spacial score (nSPS) is 18.3. The van der Waals surface area contributed by atoms with Crippen molar-refractivity contribution < 1.29 is 0 Å². The first-order valence-corrected chi connectivity index (χ1v) is 7.49. The standard InChI is InChI=1S/C18H23N/c1-2-3-5-8-16-9-11-17(12-10-16)18(15-19)13-6-4-7-14-18/h5,8-12H,2-4,6-7,13-14H2,1H3. The molecule has 0 N–H and O–H groups in total. The van der Waals surface area contributed by atoms with E-state index in [1.165, 1.54) is 36.8 Å². The van der Waals surface area contributed by atoms with Gasteiger partial charge in [0.2, 0.25) is 0 Å². The summed E-state index contributed by atoms with van der Waals surface area (Å²) in [5.41, 5.74) is 2.23. The molecular formula is C18H23N. The van der Waals surface area contributed by atoms with Crippen LogP contribution in [0.2, 0.25) is 0 Å². The van der Waals surface area contributed by atoms with Crippen molar-refractivity contribution in [1.29, 1.82) is 5.26 Å². The van der Waals surface area contributed by atoms with Gasteiger partial charge in [-0.1, -0.05) is 69.0 Å². The van der Waals surface area contributed by atoms with Crippen molar-refractivity contribution in [2.24, 2.45) is 0 Å². The third kappa shape index (κ3) is 3.26. The molecular weight excluding hydrogens is 230 g/mol. The van der Waals surface area contributed by atoms with Gasteiger partial charge in [0.15, 0.2) is 0 Å². The molecule has 0 heterocycles. The first-order valence-electron chi connectivity index (χ1n) is 7.49. The third-order valence-electron chi connectivity index (χ3n) is 4.15. The zero-order valence-electron chi connectivity index (χ0n) is 11.9. The van der Waals surface area contributed by atoms with Crippen LogP contribution in [0.5, 0.6) is 0 Å². The van der Waals surface area contributed by atoms with Crippen molar-refractivity contribution in [2.45, 2.75) is 57.3 Å². The van der Waals surface area contributed by atoms with Gasteiger partial charge >= 0.3 is 0 Å². The van der Waals surface area contributed by atoms with Gasteiger partial charge in [0.05, 0.1) is 11.5 Å². The van der Waals surface area contributed by atoms with E-state index in [2.05, 4.69) is 49.4 Å². The van der Waals surface area contributed by atoms with Crippen LogP contribution in [0.15, 0.2) is 30.3 Å². The van der Waals surface area contributed by atoms with Crippen LogP contribution < -0.4 is 0 Å². The van der Waals surface area contributed by atoms with E-state index in [0.717, 1.165) is 19.3 Å². The number of hydrogen-bond donors (Lipinski definition) is 0. The second kappa shape index (κ2) is 6.57. The highest BCUT2D eigenvalue weighted by atomic mass is 14.4. The average molecular weight is 253 g/mol. The number of benzene rings is 1. The maximum absolute atomic E-state index is 9.57. The molecule has 0 radical (unpaired) electrons. The molecule has 1 fully saturated rings. The molecule has 0 amide bonds. The first-order chi connectivity index (χ1) is 9.30. The smallest absolute Gasteiger partial charge is 0.0822 e. The number of nitrogens with zero attached hydrogens (tertiary/aromatic N) is 1. The summed E-state index contributed by atoms with van der Waals surface area (Å²) < 4.78 is 0. The molecule has 1 aromatic carbocycles. The first kappa shape index (κ1) is 13.9. The Kier molecular flexibility index (Phi) is 4.80. The Balaban J connectivity index is 2.15. The highest BCUT2D eigenvalue weighted by molar-refractivity contribution is 5.51. The summed E-state index contributed by atoms with van der Waals surface area (Å²) in [5.74, 6) is 0. The topological polar surface area (TPSA) is 23.8 Å². The van der Waals surface area contributed by atoms with Gasteiger partial charge in [0.1, 0.15) is 0 Å². The third-order valence-corrected chi connectivity index (χ3v) is 4.15. The van der Waals surface area contributed by atoms with Gasteiger partial charge in [-0.2, -0.15) is 5.26 Å². The van der Waals surface area contributed by atoms with E-state index in [4.69, 9.17) is 0 Å². The molecule has 1 nitrogen and oxygen atoms in total. The fourth-order valence-electron chi connectivity index (χ4n) is 2.92. The van der Waals surface area contributed by atoms with Crippen LogP contribution in [0, 0.1) is 11.3 Å². The van der Waals surface area contributed by atoms with Gasteiger partial charge in [-0.15, -0.1) is 0 Å². The summed E-state index contributed by atoms with van der Waals surface area (Å²) in [6.07, 6.45) is 12.4. The lowest BCUT2D eigenvalue weighted by molar-refractivity contribution is 0.366. The SMILES string of the molecule is CCCC=Cc1ccc(C2(C#N)CCCCC2)cc1. The quantitative estimate of drug-likeness (QED) is 0.721. The van der Waals surface area contributed by atoms with E-state index in [1.807, 2.05) is 0 Å². The van der Waals surface area contributed by atoms with Crippen molar-refractivity contribution in [2.75, 3.05) is 0 Å². The Bertz CT molecular complexity index is 455. The number of unbranched alkanes of at least 4 members (excludes halogenated alkanes) is 1. The van der Waals surface area contributed by atoms with E-state index in [9.17, 15) is 5.26 Å². The molecule has 100 valence electrons. The van der Waals surface area contributed by atoms with E-state index in [-0.39, 0.29) is 5.41 Å². The Morgan fingerprint density at radius 2 is 1.84 bits per heavy atom. The van der Waals surface area contributed by atoms with E-state index in [1.54, 1.807) is 0 Å². The van der Waals surface area contributed by atoms with Gasteiger partial charge in [0, 0.05) is 0 Å². The van der Waals surface area contributed by atoms with E-state index in [0.29, 0.717) is 0 Å². The monoisotopic (exact) mass is 253 g/mol. The minimum atomic E-state index is -0.218. The molecule has 2 rings (SSSR count). The minimum absolute atomic E-state index is 0.218. The van der Waals surface area contributed by atoms with E-state index >= 15 is 0 Å². The molecule has 0 aliphatic heterocycles. The average Bonchev–Trinajstić information content (AvgIpc) is 2.49. The summed E-state index contributed by atoms with van der Waals surface area (Å²) in [5, 5.41) is 9.57. The fourth-order valence-corrected chi connectivity index (χ4v) is 2.92. The van der Waals surface area contributed by atoms with Crippen LogP contribution in [0.1, 0.15) is 63.0 Å². The number of nitriles is 1. The molecule has 0 spiro atoms. The lowest BCUT2D eigenvalue weighted by Gasteiger charge is -2.31. The summed E-state index contributed by atoms with van der Waals surface area (Å²) in [6.45, 7) is 2.19. The van der Waals surface area contributed by atoms with Crippen LogP contribution in [-0.2, 0) is 5.41 Å². The van der Waals surface area contributed by atoms with Gasteiger partial charge in [0.25, 0.3) is 0 Å². The van der Waals surface area contributed by atoms with Gasteiger partial charge in [-0.25, -0.2) is 0 Å². The van der Waals surface area contributed by atoms with Crippen molar-refractivity contribution in [1.82, 2.24) is 0 Å². The highest BCUT2D eigenvalue weighted by Crippen LogP contribution is 2.38. The molecule has 0 aromatic heterocycles. The van der Waals surface area contributed by atoms with Crippen LogP contribution in [0.25, 0.3) is 6.08 Å². The molecule has 1 aromatic rings. The summed E-state index contributed by atoms with van der Waals surface area (Å²) in [7, 11) is 0. The number of hydrogen-bond acceptors (Lipinski definition) is 1. The Morgan fingerprint density at radius 1 is 1.16 bits per heavy atom. The fraction of sp³-hybridized carbons (Fsp3) is 0.500. The van der Waals surface area contributed by atoms with Crippen molar-refractivity contribution in [3.8, 4) is 6.07 Å². The summed E-state index contributed by atoms with van der Waals surface area (Å²) in [4.78, 5) is 0. The van der Waals surface area contributed by atoms with Crippen LogP contribution in [0.3, 0.4) is 0 Å². The second-order valence-corrected chi connectivity index (χ2v) is 5.57. The molecule has 0 saturated heterocycles. The molecule has 1 saturated carbocycles. The summed E-state index contributed by atoms with van der Waals surface area (Å²) in [6, 6.07) is 11.2.